The number of aromatic nitrogens is 2. The van der Waals surface area contributed by atoms with E-state index in [1.54, 1.807) is 24.4 Å². The first kappa shape index (κ1) is 21.2. The van der Waals surface area contributed by atoms with E-state index < -0.39 is 10.0 Å². The Morgan fingerprint density at radius 3 is 2.55 bits per heavy atom. The molecule has 0 bridgehead atoms. The third-order valence-corrected chi connectivity index (χ3v) is 6.32. The van der Waals surface area contributed by atoms with Gasteiger partial charge in [0.15, 0.2) is 6.29 Å². The first-order valence-electron chi connectivity index (χ1n) is 9.27. The van der Waals surface area contributed by atoms with Crippen LogP contribution in [0.4, 0.5) is 0 Å². The fourth-order valence-corrected chi connectivity index (χ4v) is 4.28. The molecule has 0 atom stereocenters. The van der Waals surface area contributed by atoms with Gasteiger partial charge in [-0.1, -0.05) is 17.7 Å². The number of carbonyl (C=O) groups excluding carboxylic acids is 1. The molecule has 2 aromatic heterocycles. The van der Waals surface area contributed by atoms with Gasteiger partial charge in [-0.25, -0.2) is 13.1 Å². The summed E-state index contributed by atoms with van der Waals surface area (Å²) in [4.78, 5) is 15.6. The largest absolute Gasteiger partial charge is 0.342 e. The number of hydrogen-bond acceptors (Lipinski definition) is 4. The molecule has 29 heavy (non-hydrogen) atoms. The van der Waals surface area contributed by atoms with E-state index in [2.05, 4.69) is 9.71 Å². The van der Waals surface area contributed by atoms with Gasteiger partial charge in [-0.05, 0) is 60.9 Å². The van der Waals surface area contributed by atoms with Crippen LogP contribution in [0, 0.1) is 0 Å². The molecular weight excluding hydrogens is 410 g/mol. The van der Waals surface area contributed by atoms with Crippen molar-refractivity contribution < 1.29 is 13.2 Å². The number of aldehydes is 1. The number of benzene rings is 1. The molecule has 152 valence electrons. The molecule has 1 N–H and O–H groups in total. The van der Waals surface area contributed by atoms with Crippen LogP contribution in [0.25, 0.3) is 0 Å². The first-order chi connectivity index (χ1) is 14.0. The van der Waals surface area contributed by atoms with Crippen molar-refractivity contribution in [3.8, 4) is 0 Å². The highest BCUT2D eigenvalue weighted by Crippen LogP contribution is 2.15. The van der Waals surface area contributed by atoms with Crippen molar-refractivity contribution >= 4 is 27.9 Å². The molecule has 3 rings (SSSR count). The molecular formula is C21H22ClN3O3S. The Kier molecular flexibility index (Phi) is 7.19. The number of hydrogen-bond donors (Lipinski definition) is 1. The minimum Gasteiger partial charge on any atom is -0.342 e. The second-order valence-electron chi connectivity index (χ2n) is 6.59. The summed E-state index contributed by atoms with van der Waals surface area (Å²) in [5, 5.41) is 0.481. The lowest BCUT2D eigenvalue weighted by molar-refractivity contribution is 0.111. The molecule has 0 unspecified atom stereocenters. The molecule has 0 aliphatic heterocycles. The van der Waals surface area contributed by atoms with Gasteiger partial charge in [-0.15, -0.1) is 0 Å². The molecule has 3 aromatic rings. The summed E-state index contributed by atoms with van der Waals surface area (Å²) >= 11 is 5.81. The number of halogens is 1. The van der Waals surface area contributed by atoms with Crippen molar-refractivity contribution in [1.29, 1.82) is 0 Å². The molecule has 0 saturated carbocycles. The van der Waals surface area contributed by atoms with Crippen molar-refractivity contribution in [3.63, 3.8) is 0 Å². The monoisotopic (exact) mass is 431 g/mol. The van der Waals surface area contributed by atoms with Gasteiger partial charge in [-0.2, -0.15) is 0 Å². The number of rotatable bonds is 10. The average Bonchev–Trinajstić information content (AvgIpc) is 3.11. The number of pyridine rings is 1. The molecule has 2 heterocycles. The van der Waals surface area contributed by atoms with Crippen LogP contribution in [0.15, 0.2) is 65.8 Å². The summed E-state index contributed by atoms with van der Waals surface area (Å²) in [6.45, 7) is 0.908. The van der Waals surface area contributed by atoms with Crippen molar-refractivity contribution in [2.45, 2.75) is 30.7 Å². The Bertz CT molecular complexity index is 1050. The quantitative estimate of drug-likeness (QED) is 0.498. The van der Waals surface area contributed by atoms with Crippen LogP contribution in [0.1, 0.15) is 28.2 Å². The molecule has 0 radical (unpaired) electrons. The maximum absolute atomic E-state index is 12.4. The second kappa shape index (κ2) is 9.82. The normalized spacial score (nSPS) is 11.5. The van der Waals surface area contributed by atoms with Crippen LogP contribution in [0.3, 0.4) is 0 Å². The zero-order valence-electron chi connectivity index (χ0n) is 15.8. The number of nitrogens with zero attached hydrogens (tertiary/aromatic N) is 2. The Morgan fingerprint density at radius 2 is 1.86 bits per heavy atom. The summed E-state index contributed by atoms with van der Waals surface area (Å²) in [6.07, 6.45) is 6.59. The van der Waals surface area contributed by atoms with Crippen LogP contribution < -0.4 is 4.72 Å². The van der Waals surface area contributed by atoms with Gasteiger partial charge in [0.2, 0.25) is 10.0 Å². The lowest BCUT2D eigenvalue weighted by Gasteiger charge is -2.12. The molecule has 0 aliphatic carbocycles. The highest BCUT2D eigenvalue weighted by Gasteiger charge is 2.14. The summed E-state index contributed by atoms with van der Waals surface area (Å²) in [6, 6.07) is 13.6. The van der Waals surface area contributed by atoms with E-state index in [0.29, 0.717) is 23.7 Å². The maximum Gasteiger partial charge on any atom is 0.240 e. The van der Waals surface area contributed by atoms with E-state index in [1.165, 1.54) is 12.1 Å². The Balaban J connectivity index is 1.60. The highest BCUT2D eigenvalue weighted by molar-refractivity contribution is 7.89. The van der Waals surface area contributed by atoms with E-state index in [0.717, 1.165) is 30.4 Å². The summed E-state index contributed by atoms with van der Waals surface area (Å²) in [5.74, 6) is 0. The van der Waals surface area contributed by atoms with Gasteiger partial charge in [0.1, 0.15) is 0 Å². The average molecular weight is 432 g/mol. The fraction of sp³-hybridized carbons (Fsp3) is 0.238. The minimum atomic E-state index is -3.61. The standard InChI is InChI=1S/C21H22ClN3O3S/c22-18-5-9-21(10-6-18)29(27,28)24-13-11-19-7-8-20(16-26)25(19)14-2-4-17-3-1-12-23-15-17/h1,3,5-10,12,15-16,24H,2,4,11,13-14H2. The van der Waals surface area contributed by atoms with Gasteiger partial charge in [-0.3, -0.25) is 9.78 Å². The van der Waals surface area contributed by atoms with Gasteiger partial charge < -0.3 is 4.57 Å². The lowest BCUT2D eigenvalue weighted by Crippen LogP contribution is -2.26. The highest BCUT2D eigenvalue weighted by atomic mass is 35.5. The van der Waals surface area contributed by atoms with Crippen LogP contribution >= 0.6 is 11.6 Å². The van der Waals surface area contributed by atoms with Crippen LogP contribution in [0.5, 0.6) is 0 Å². The first-order valence-corrected chi connectivity index (χ1v) is 11.1. The Labute approximate surface area is 175 Å². The molecule has 0 fully saturated rings. The number of nitrogens with one attached hydrogen (secondary N) is 1. The molecule has 8 heteroatoms. The van der Waals surface area contributed by atoms with Crippen molar-refractivity contribution in [2.75, 3.05) is 6.54 Å². The molecule has 6 nitrogen and oxygen atoms in total. The zero-order chi connectivity index (χ0) is 20.7. The minimum absolute atomic E-state index is 0.169. The molecule has 0 spiro atoms. The van der Waals surface area contributed by atoms with Gasteiger partial charge >= 0.3 is 0 Å². The Hall–Kier alpha value is -2.48. The molecule has 1 aromatic carbocycles. The topological polar surface area (TPSA) is 81.1 Å². The van der Waals surface area contributed by atoms with Gasteiger partial charge in [0.05, 0.1) is 10.6 Å². The van der Waals surface area contributed by atoms with E-state index in [-0.39, 0.29) is 11.4 Å². The van der Waals surface area contributed by atoms with Crippen LogP contribution in [0.2, 0.25) is 5.02 Å². The summed E-state index contributed by atoms with van der Waals surface area (Å²) in [7, 11) is -3.61. The number of aryl methyl sites for hydroxylation is 1. The Morgan fingerprint density at radius 1 is 1.07 bits per heavy atom. The van der Waals surface area contributed by atoms with E-state index in [9.17, 15) is 13.2 Å². The maximum atomic E-state index is 12.4. The third kappa shape index (κ3) is 5.76. The van der Waals surface area contributed by atoms with Crippen LogP contribution in [-0.2, 0) is 29.4 Å². The number of sulfonamides is 1. The summed E-state index contributed by atoms with van der Waals surface area (Å²) < 4.78 is 29.3. The SMILES string of the molecule is O=Cc1ccc(CCNS(=O)(=O)c2ccc(Cl)cc2)n1CCCc1cccnc1. The molecule has 0 saturated heterocycles. The van der Waals surface area contributed by atoms with Crippen molar-refractivity contribution in [1.82, 2.24) is 14.3 Å². The predicted molar refractivity (Wildman–Crippen MR) is 113 cm³/mol. The van der Waals surface area contributed by atoms with Crippen molar-refractivity contribution in [3.05, 3.63) is 82.9 Å². The van der Waals surface area contributed by atoms with Gasteiger partial charge in [0.25, 0.3) is 0 Å². The molecule has 0 aliphatic rings. The van der Waals surface area contributed by atoms with E-state index in [1.807, 2.05) is 29.0 Å². The van der Waals surface area contributed by atoms with E-state index >= 15 is 0 Å². The second-order valence-corrected chi connectivity index (χ2v) is 8.79. The fourth-order valence-electron chi connectivity index (χ4n) is 3.12. The predicted octanol–water partition coefficient (Wildman–Crippen LogP) is 3.50. The van der Waals surface area contributed by atoms with Crippen LogP contribution in [-0.4, -0.2) is 30.8 Å². The number of carbonyl (C=O) groups is 1. The third-order valence-electron chi connectivity index (χ3n) is 4.59. The molecule has 0 amide bonds. The smallest absolute Gasteiger partial charge is 0.240 e. The van der Waals surface area contributed by atoms with Crippen molar-refractivity contribution in [2.24, 2.45) is 0 Å². The lowest BCUT2D eigenvalue weighted by atomic mass is 10.1. The summed E-state index contributed by atoms with van der Waals surface area (Å²) in [5.41, 5.74) is 2.65. The van der Waals surface area contributed by atoms with Gasteiger partial charge in [0, 0.05) is 42.6 Å². The zero-order valence-corrected chi connectivity index (χ0v) is 17.4. The van der Waals surface area contributed by atoms with E-state index in [4.69, 9.17) is 11.6 Å².